The predicted octanol–water partition coefficient (Wildman–Crippen LogP) is -1.61. The van der Waals surface area contributed by atoms with E-state index in [0.717, 1.165) is 0 Å². The summed E-state index contributed by atoms with van der Waals surface area (Å²) in [7, 11) is 0. The molecule has 11 heavy (non-hydrogen) atoms. The Morgan fingerprint density at radius 2 is 2.00 bits per heavy atom. The summed E-state index contributed by atoms with van der Waals surface area (Å²) in [4.78, 5) is 21.8. The number of amides is 2. The van der Waals surface area contributed by atoms with E-state index in [2.05, 4.69) is 16.0 Å². The number of hydrogen-bond donors (Lipinski definition) is 3. The fourth-order valence-corrected chi connectivity index (χ4v) is 1.20. The lowest BCUT2D eigenvalue weighted by Crippen LogP contribution is -2.38. The number of hydrogen-bond acceptors (Lipinski definition) is 4. The molecule has 2 heterocycles. The van der Waals surface area contributed by atoms with Crippen LogP contribution in [0, 0.1) is 0 Å². The van der Waals surface area contributed by atoms with Gasteiger partial charge in [0.25, 0.3) is 5.91 Å². The van der Waals surface area contributed by atoms with E-state index in [0.29, 0.717) is 18.1 Å². The maximum absolute atomic E-state index is 11.0. The van der Waals surface area contributed by atoms with E-state index in [4.69, 9.17) is 0 Å². The van der Waals surface area contributed by atoms with Crippen molar-refractivity contribution in [3.63, 3.8) is 0 Å². The molecular weight excluding hydrogens is 146 g/mol. The molecule has 0 unspecified atom stereocenters. The minimum atomic E-state index is -0.332. The molecule has 0 aliphatic carbocycles. The fourth-order valence-electron chi connectivity index (χ4n) is 1.20. The molecular formula is C6H7N3O2. The zero-order valence-electron chi connectivity index (χ0n) is 5.73. The molecule has 2 rings (SSSR count). The predicted molar refractivity (Wildman–Crippen MR) is 35.9 cm³/mol. The van der Waals surface area contributed by atoms with Gasteiger partial charge >= 0.3 is 0 Å². The van der Waals surface area contributed by atoms with Crippen LogP contribution in [0.25, 0.3) is 0 Å². The van der Waals surface area contributed by atoms with E-state index >= 15 is 0 Å². The van der Waals surface area contributed by atoms with Crippen molar-refractivity contribution in [3.8, 4) is 0 Å². The van der Waals surface area contributed by atoms with Crippen molar-refractivity contribution >= 4 is 11.8 Å². The lowest BCUT2D eigenvalue weighted by Gasteiger charge is -2.11. The van der Waals surface area contributed by atoms with Crippen molar-refractivity contribution < 1.29 is 9.59 Å². The summed E-state index contributed by atoms with van der Waals surface area (Å²) in [6.45, 7) is 0.533. The van der Waals surface area contributed by atoms with Crippen LogP contribution in [0.4, 0.5) is 0 Å². The van der Waals surface area contributed by atoms with Crippen LogP contribution < -0.4 is 16.0 Å². The molecule has 0 saturated carbocycles. The van der Waals surface area contributed by atoms with Gasteiger partial charge in [0, 0.05) is 0 Å². The van der Waals surface area contributed by atoms with Gasteiger partial charge in [-0.15, -0.1) is 0 Å². The van der Waals surface area contributed by atoms with E-state index < -0.39 is 0 Å². The fraction of sp³-hybridized carbons (Fsp3) is 0.333. The zero-order chi connectivity index (χ0) is 7.84. The largest absolute Gasteiger partial charge is 0.369 e. The molecule has 0 fully saturated rings. The third-order valence-electron chi connectivity index (χ3n) is 1.69. The van der Waals surface area contributed by atoms with Gasteiger partial charge in [-0.3, -0.25) is 14.9 Å². The quantitative estimate of drug-likeness (QED) is 0.366. The standard InChI is InChI=1S/C6H7N3O2/c10-4-1-3-5(6(11)9-4)8-2-7-3/h7-8H,1-2H2,(H,9,10,11). The third kappa shape index (κ3) is 0.849. The molecule has 2 aliphatic rings. The molecule has 5 nitrogen and oxygen atoms in total. The van der Waals surface area contributed by atoms with Gasteiger partial charge < -0.3 is 10.6 Å². The summed E-state index contributed by atoms with van der Waals surface area (Å²) in [5, 5.41) is 7.95. The van der Waals surface area contributed by atoms with Crippen LogP contribution in [0.3, 0.4) is 0 Å². The molecule has 0 aromatic carbocycles. The summed E-state index contributed by atoms with van der Waals surface area (Å²) in [5.41, 5.74) is 1.21. The highest BCUT2D eigenvalue weighted by Gasteiger charge is 2.27. The molecule has 0 radical (unpaired) electrons. The number of rotatable bonds is 0. The lowest BCUT2D eigenvalue weighted by molar-refractivity contribution is -0.129. The third-order valence-corrected chi connectivity index (χ3v) is 1.69. The molecule has 0 aromatic heterocycles. The van der Waals surface area contributed by atoms with Crippen LogP contribution in [-0.4, -0.2) is 18.5 Å². The Bertz CT molecular complexity index is 269. The molecule has 0 saturated heterocycles. The summed E-state index contributed by atoms with van der Waals surface area (Å²) in [6, 6.07) is 0. The smallest absolute Gasteiger partial charge is 0.275 e. The molecule has 0 bridgehead atoms. The Morgan fingerprint density at radius 1 is 1.18 bits per heavy atom. The second kappa shape index (κ2) is 1.98. The van der Waals surface area contributed by atoms with Crippen molar-refractivity contribution in [2.75, 3.05) is 6.67 Å². The second-order valence-electron chi connectivity index (χ2n) is 2.44. The first-order valence-corrected chi connectivity index (χ1v) is 3.32. The van der Waals surface area contributed by atoms with Gasteiger partial charge in [-0.2, -0.15) is 0 Å². The van der Waals surface area contributed by atoms with Gasteiger partial charge in [-0.25, -0.2) is 0 Å². The van der Waals surface area contributed by atoms with Crippen LogP contribution in [0.1, 0.15) is 6.42 Å². The average molecular weight is 153 g/mol. The van der Waals surface area contributed by atoms with Crippen LogP contribution >= 0.6 is 0 Å². The normalized spacial score (nSPS) is 22.2. The van der Waals surface area contributed by atoms with Crippen LogP contribution in [0.5, 0.6) is 0 Å². The Morgan fingerprint density at radius 3 is 2.82 bits per heavy atom. The van der Waals surface area contributed by atoms with Gasteiger partial charge in [0.1, 0.15) is 5.70 Å². The first-order chi connectivity index (χ1) is 5.27. The summed E-state index contributed by atoms with van der Waals surface area (Å²) < 4.78 is 0. The van der Waals surface area contributed by atoms with Crippen molar-refractivity contribution in [2.24, 2.45) is 0 Å². The number of carbonyl (C=O) groups is 2. The Balaban J connectivity index is 2.35. The Labute approximate surface area is 62.8 Å². The molecule has 3 N–H and O–H groups in total. The van der Waals surface area contributed by atoms with Crippen molar-refractivity contribution in [3.05, 3.63) is 11.4 Å². The van der Waals surface area contributed by atoms with Gasteiger partial charge in [0.05, 0.1) is 18.8 Å². The van der Waals surface area contributed by atoms with Crippen molar-refractivity contribution in [1.29, 1.82) is 0 Å². The highest BCUT2D eigenvalue weighted by molar-refractivity contribution is 6.08. The first-order valence-electron chi connectivity index (χ1n) is 3.32. The zero-order valence-corrected chi connectivity index (χ0v) is 5.73. The van der Waals surface area contributed by atoms with Crippen molar-refractivity contribution in [2.45, 2.75) is 6.42 Å². The van der Waals surface area contributed by atoms with Crippen LogP contribution in [0.15, 0.2) is 11.4 Å². The Hall–Kier alpha value is -1.52. The van der Waals surface area contributed by atoms with Crippen LogP contribution in [0.2, 0.25) is 0 Å². The monoisotopic (exact) mass is 153 g/mol. The van der Waals surface area contributed by atoms with E-state index in [1.54, 1.807) is 0 Å². The Kier molecular flexibility index (Phi) is 1.12. The van der Waals surface area contributed by atoms with E-state index in [9.17, 15) is 9.59 Å². The summed E-state index contributed by atoms with van der Waals surface area (Å²) in [5.74, 6) is -0.578. The molecule has 2 amide bonds. The lowest BCUT2D eigenvalue weighted by atomic mass is 10.2. The highest BCUT2D eigenvalue weighted by atomic mass is 16.2. The molecule has 58 valence electrons. The summed E-state index contributed by atoms with van der Waals surface area (Å²) >= 11 is 0. The number of carbonyl (C=O) groups excluding carboxylic acids is 2. The van der Waals surface area contributed by atoms with E-state index in [1.165, 1.54) is 0 Å². The SMILES string of the molecule is O=C1CC2=C(NCN2)C(=O)N1. The average Bonchev–Trinajstić information content (AvgIpc) is 2.34. The molecule has 0 spiro atoms. The minimum Gasteiger partial charge on any atom is -0.369 e. The van der Waals surface area contributed by atoms with Gasteiger partial charge in [-0.1, -0.05) is 0 Å². The molecule has 2 aliphatic heterocycles. The van der Waals surface area contributed by atoms with Crippen LogP contribution in [-0.2, 0) is 9.59 Å². The number of nitrogens with one attached hydrogen (secondary N) is 3. The van der Waals surface area contributed by atoms with E-state index in [1.807, 2.05) is 0 Å². The topological polar surface area (TPSA) is 70.2 Å². The van der Waals surface area contributed by atoms with Gasteiger partial charge in [0.2, 0.25) is 5.91 Å². The molecule has 5 heteroatoms. The number of imide groups is 1. The minimum absolute atomic E-state index is 0.245. The maximum atomic E-state index is 11.0. The molecule has 0 atom stereocenters. The van der Waals surface area contributed by atoms with E-state index in [-0.39, 0.29) is 18.2 Å². The highest BCUT2D eigenvalue weighted by Crippen LogP contribution is 2.11. The summed E-state index contributed by atoms with van der Waals surface area (Å²) in [6.07, 6.45) is 0.272. The van der Waals surface area contributed by atoms with Gasteiger partial charge in [-0.05, 0) is 0 Å². The van der Waals surface area contributed by atoms with Gasteiger partial charge in [0.15, 0.2) is 0 Å². The van der Waals surface area contributed by atoms with Crippen molar-refractivity contribution in [1.82, 2.24) is 16.0 Å². The first kappa shape index (κ1) is 6.21. The maximum Gasteiger partial charge on any atom is 0.275 e. The molecule has 0 aromatic rings. The second-order valence-corrected chi connectivity index (χ2v) is 2.44.